The number of halogens is 1. The zero-order valence-corrected chi connectivity index (χ0v) is 12.2. The van der Waals surface area contributed by atoms with Crippen LogP contribution in [0, 0.1) is 19.7 Å². The van der Waals surface area contributed by atoms with Crippen molar-refractivity contribution in [1.29, 1.82) is 0 Å². The minimum absolute atomic E-state index is 0.0150. The third-order valence-corrected chi connectivity index (χ3v) is 3.34. The van der Waals surface area contributed by atoms with E-state index in [1.807, 2.05) is 0 Å². The first kappa shape index (κ1) is 15.3. The van der Waals surface area contributed by atoms with E-state index in [1.165, 1.54) is 24.3 Å². The number of furan rings is 1. The van der Waals surface area contributed by atoms with Gasteiger partial charge in [-0.1, -0.05) is 12.1 Å². The average molecular weight is 291 g/mol. The van der Waals surface area contributed by atoms with Crippen LogP contribution in [0.4, 0.5) is 4.39 Å². The molecule has 1 atom stereocenters. The van der Waals surface area contributed by atoms with Gasteiger partial charge in [-0.3, -0.25) is 4.79 Å². The molecule has 1 aromatic heterocycles. The number of benzene rings is 1. The normalized spacial score (nSPS) is 13.8. The average Bonchev–Trinajstić information content (AvgIpc) is 2.76. The summed E-state index contributed by atoms with van der Waals surface area (Å²) in [4.78, 5) is 12.1. The third kappa shape index (κ3) is 3.49. The number of nitrogens with one attached hydrogen (secondary N) is 1. The van der Waals surface area contributed by atoms with Crippen molar-refractivity contribution in [2.24, 2.45) is 0 Å². The summed E-state index contributed by atoms with van der Waals surface area (Å²) >= 11 is 0. The molecule has 0 saturated carbocycles. The van der Waals surface area contributed by atoms with E-state index >= 15 is 0 Å². The maximum absolute atomic E-state index is 12.9. The molecule has 0 spiro atoms. The van der Waals surface area contributed by atoms with Crippen LogP contribution in [0.1, 0.15) is 34.4 Å². The van der Waals surface area contributed by atoms with Gasteiger partial charge in [-0.05, 0) is 44.5 Å². The van der Waals surface area contributed by atoms with Crippen LogP contribution in [0.2, 0.25) is 0 Å². The number of aryl methyl sites for hydroxylation is 2. The lowest BCUT2D eigenvalue weighted by atomic mass is 9.96. The molecule has 4 nitrogen and oxygen atoms in total. The minimum atomic E-state index is -1.28. The molecule has 112 valence electrons. The molecule has 0 radical (unpaired) electrons. The lowest BCUT2D eigenvalue weighted by Gasteiger charge is -2.24. The Hall–Kier alpha value is -2.14. The van der Waals surface area contributed by atoms with Crippen LogP contribution in [0.15, 0.2) is 34.7 Å². The van der Waals surface area contributed by atoms with Gasteiger partial charge in [0.15, 0.2) is 0 Å². The van der Waals surface area contributed by atoms with Gasteiger partial charge >= 0.3 is 0 Å². The van der Waals surface area contributed by atoms with Gasteiger partial charge in [-0.2, -0.15) is 0 Å². The van der Waals surface area contributed by atoms with Gasteiger partial charge in [0.2, 0.25) is 0 Å². The van der Waals surface area contributed by atoms with Gasteiger partial charge in [0.1, 0.15) is 22.9 Å². The number of aliphatic hydroxyl groups is 1. The van der Waals surface area contributed by atoms with Crippen LogP contribution in [-0.2, 0) is 5.60 Å². The quantitative estimate of drug-likeness (QED) is 0.910. The zero-order valence-electron chi connectivity index (χ0n) is 12.2. The van der Waals surface area contributed by atoms with E-state index in [9.17, 15) is 14.3 Å². The van der Waals surface area contributed by atoms with Crippen molar-refractivity contribution < 1.29 is 18.7 Å². The predicted octanol–water partition coefficient (Wildman–Crippen LogP) is 2.67. The van der Waals surface area contributed by atoms with E-state index in [0.29, 0.717) is 22.6 Å². The fourth-order valence-electron chi connectivity index (χ4n) is 2.11. The highest BCUT2D eigenvalue weighted by atomic mass is 19.1. The number of amides is 1. The van der Waals surface area contributed by atoms with Crippen LogP contribution in [0.25, 0.3) is 0 Å². The van der Waals surface area contributed by atoms with Gasteiger partial charge in [0, 0.05) is 0 Å². The Bertz CT molecular complexity index is 644. The van der Waals surface area contributed by atoms with Crippen molar-refractivity contribution in [2.45, 2.75) is 26.4 Å². The number of hydrogen-bond acceptors (Lipinski definition) is 3. The van der Waals surface area contributed by atoms with Crippen molar-refractivity contribution in [1.82, 2.24) is 5.32 Å². The Morgan fingerprint density at radius 2 is 1.95 bits per heavy atom. The molecule has 1 aromatic carbocycles. The number of carbonyl (C=O) groups is 1. The highest BCUT2D eigenvalue weighted by Crippen LogP contribution is 2.20. The largest absolute Gasteiger partial charge is 0.466 e. The van der Waals surface area contributed by atoms with Crippen molar-refractivity contribution >= 4 is 5.91 Å². The highest BCUT2D eigenvalue weighted by Gasteiger charge is 2.25. The van der Waals surface area contributed by atoms with Gasteiger partial charge < -0.3 is 14.8 Å². The second-order valence-electron chi connectivity index (χ2n) is 5.29. The summed E-state index contributed by atoms with van der Waals surface area (Å²) in [6, 6.07) is 7.19. The second-order valence-corrected chi connectivity index (χ2v) is 5.29. The Morgan fingerprint density at radius 3 is 2.48 bits per heavy atom. The van der Waals surface area contributed by atoms with E-state index in [2.05, 4.69) is 5.32 Å². The summed E-state index contributed by atoms with van der Waals surface area (Å²) in [6.45, 7) is 5.05. The minimum Gasteiger partial charge on any atom is -0.466 e. The van der Waals surface area contributed by atoms with Gasteiger partial charge in [-0.15, -0.1) is 0 Å². The molecule has 0 saturated heterocycles. The highest BCUT2D eigenvalue weighted by molar-refractivity contribution is 5.95. The van der Waals surface area contributed by atoms with E-state index in [0.717, 1.165) is 0 Å². The van der Waals surface area contributed by atoms with Crippen molar-refractivity contribution in [3.63, 3.8) is 0 Å². The molecule has 0 bridgehead atoms. The summed E-state index contributed by atoms with van der Waals surface area (Å²) in [7, 11) is 0. The van der Waals surface area contributed by atoms with E-state index in [-0.39, 0.29) is 18.3 Å². The Morgan fingerprint density at radius 1 is 1.33 bits per heavy atom. The molecule has 1 amide bonds. The van der Waals surface area contributed by atoms with E-state index in [1.54, 1.807) is 26.8 Å². The molecule has 0 aliphatic heterocycles. The van der Waals surface area contributed by atoms with Gasteiger partial charge in [-0.25, -0.2) is 4.39 Å². The molecule has 0 aliphatic rings. The molecule has 1 heterocycles. The maximum atomic E-state index is 12.9. The maximum Gasteiger partial charge on any atom is 0.254 e. The van der Waals surface area contributed by atoms with Crippen LogP contribution in [0.3, 0.4) is 0 Å². The van der Waals surface area contributed by atoms with E-state index < -0.39 is 5.60 Å². The monoisotopic (exact) mass is 291 g/mol. The number of rotatable bonds is 4. The Kier molecular flexibility index (Phi) is 4.14. The standard InChI is InChI=1S/C16H18FNO3/c1-10-8-14(11(2)21-10)15(19)18-9-16(3,20)12-4-6-13(17)7-5-12/h4-8,20H,9H2,1-3H3,(H,18,19). The van der Waals surface area contributed by atoms with Crippen LogP contribution in [0.5, 0.6) is 0 Å². The molecule has 5 heteroatoms. The molecule has 2 aromatic rings. The van der Waals surface area contributed by atoms with Crippen LogP contribution < -0.4 is 5.32 Å². The molecule has 2 rings (SSSR count). The van der Waals surface area contributed by atoms with Gasteiger partial charge in [0.25, 0.3) is 5.91 Å². The second kappa shape index (κ2) is 5.69. The van der Waals surface area contributed by atoms with Crippen LogP contribution >= 0.6 is 0 Å². The summed E-state index contributed by atoms with van der Waals surface area (Å²) in [5, 5.41) is 13.1. The van der Waals surface area contributed by atoms with Crippen molar-refractivity contribution in [3.05, 3.63) is 58.8 Å². The zero-order chi connectivity index (χ0) is 15.6. The first-order chi connectivity index (χ1) is 9.79. The fraction of sp³-hybridized carbons (Fsp3) is 0.312. The molecular formula is C16H18FNO3. The molecule has 0 aliphatic carbocycles. The van der Waals surface area contributed by atoms with Crippen molar-refractivity contribution in [3.8, 4) is 0 Å². The number of carbonyl (C=O) groups excluding carboxylic acids is 1. The topological polar surface area (TPSA) is 62.5 Å². The lowest BCUT2D eigenvalue weighted by molar-refractivity contribution is 0.0525. The smallest absolute Gasteiger partial charge is 0.254 e. The first-order valence-corrected chi connectivity index (χ1v) is 6.63. The predicted molar refractivity (Wildman–Crippen MR) is 76.5 cm³/mol. The summed E-state index contributed by atoms with van der Waals surface area (Å²) in [6.07, 6.45) is 0. The molecule has 0 fully saturated rings. The lowest BCUT2D eigenvalue weighted by Crippen LogP contribution is -2.38. The third-order valence-electron chi connectivity index (χ3n) is 3.34. The van der Waals surface area contributed by atoms with Crippen LogP contribution in [-0.4, -0.2) is 17.6 Å². The fourth-order valence-corrected chi connectivity index (χ4v) is 2.11. The van der Waals surface area contributed by atoms with Gasteiger partial charge in [0.05, 0.1) is 12.1 Å². The number of hydrogen-bond donors (Lipinski definition) is 2. The summed E-state index contributed by atoms with van der Waals surface area (Å²) in [5.74, 6) is 0.504. The van der Waals surface area contributed by atoms with E-state index in [4.69, 9.17) is 4.42 Å². The first-order valence-electron chi connectivity index (χ1n) is 6.63. The summed E-state index contributed by atoms with van der Waals surface area (Å²) in [5.41, 5.74) is -0.303. The summed E-state index contributed by atoms with van der Waals surface area (Å²) < 4.78 is 18.2. The molecule has 21 heavy (non-hydrogen) atoms. The Balaban J connectivity index is 2.06. The molecule has 1 unspecified atom stereocenters. The molecular weight excluding hydrogens is 273 g/mol. The molecule has 2 N–H and O–H groups in total. The SMILES string of the molecule is Cc1cc(C(=O)NCC(C)(O)c2ccc(F)cc2)c(C)o1. The Labute approximate surface area is 122 Å². The van der Waals surface area contributed by atoms with Crippen molar-refractivity contribution in [2.75, 3.05) is 6.54 Å².